The van der Waals surface area contributed by atoms with Crippen LogP contribution in [0.25, 0.3) is 50.8 Å². The topological polar surface area (TPSA) is 51.0 Å². The van der Waals surface area contributed by atoms with Gasteiger partial charge >= 0.3 is 0 Å². The molecular formula is C46H44N4. The van der Waals surface area contributed by atoms with Crippen molar-refractivity contribution in [2.45, 2.75) is 66.7 Å². The van der Waals surface area contributed by atoms with E-state index in [1.807, 2.05) is 33.8 Å². The number of aromatic nitrogens is 3. The van der Waals surface area contributed by atoms with Crippen LogP contribution < -0.4 is 0 Å². The standard InChI is InChI=1S/C46H44N4/c1-8-14-34-26-29(3)44(48-31(34)5)47-30(4)27-35(15-9-2)32-20-22-33(23-21-32)43-39-17-11-13-19-42(39)49-45(50-43)36-24-25-38-37-16-10-12-18-40(37)46(6,7)41(38)28-36/h8-9,11-15,17-28H,10,16H2,1-7H3/b14-8-,15-9-,35-27+,47-30?. The number of para-hydroxylation sites is 1. The molecule has 0 radical (unpaired) electrons. The monoisotopic (exact) mass is 652 g/mol. The number of nitrogens with zero attached hydrogens (tertiary/aromatic N) is 4. The normalized spacial score (nSPS) is 15.8. The third kappa shape index (κ3) is 6.11. The molecule has 0 fully saturated rings. The van der Waals surface area contributed by atoms with Crippen molar-refractivity contribution < 1.29 is 0 Å². The van der Waals surface area contributed by atoms with Crippen molar-refractivity contribution in [1.82, 2.24) is 15.0 Å². The average Bonchev–Trinajstić information content (AvgIpc) is 3.35. The molecule has 248 valence electrons. The van der Waals surface area contributed by atoms with E-state index in [1.54, 1.807) is 0 Å². The summed E-state index contributed by atoms with van der Waals surface area (Å²) >= 11 is 0. The first-order valence-electron chi connectivity index (χ1n) is 17.6. The van der Waals surface area contributed by atoms with Crippen molar-refractivity contribution in [3.05, 3.63) is 148 Å². The SMILES string of the molecule is C/C=C\C(=C/C(C)=Nc1nc(C)c(/C=C\C)cc1C)c1ccc(-c2nc(-c3ccc4c(c3)C(C)(C)C3=C4CCC=C3)nc3ccccc23)cc1. The molecule has 5 aromatic rings. The number of pyridine rings is 1. The third-order valence-electron chi connectivity index (χ3n) is 9.97. The quantitative estimate of drug-likeness (QED) is 0.130. The van der Waals surface area contributed by atoms with Crippen molar-refractivity contribution in [2.24, 2.45) is 4.99 Å². The molecule has 50 heavy (non-hydrogen) atoms. The summed E-state index contributed by atoms with van der Waals surface area (Å²) in [5.41, 5.74) is 15.9. The molecular weight excluding hydrogens is 609 g/mol. The number of allylic oxidation sites excluding steroid dienone is 9. The summed E-state index contributed by atoms with van der Waals surface area (Å²) in [6.07, 6.45) is 17.3. The molecule has 7 rings (SSSR count). The number of hydrogen-bond acceptors (Lipinski definition) is 4. The minimum Gasteiger partial charge on any atom is -0.234 e. The van der Waals surface area contributed by atoms with E-state index >= 15 is 0 Å². The first kappa shape index (κ1) is 33.0. The van der Waals surface area contributed by atoms with Crippen LogP contribution >= 0.6 is 0 Å². The van der Waals surface area contributed by atoms with Crippen LogP contribution in [0.3, 0.4) is 0 Å². The zero-order valence-corrected chi connectivity index (χ0v) is 30.2. The Bertz CT molecular complexity index is 2330. The minimum atomic E-state index is -0.0422. The molecule has 0 bridgehead atoms. The second-order valence-electron chi connectivity index (χ2n) is 13.9. The number of aliphatic imine (C=N–C) groups is 1. The Morgan fingerprint density at radius 2 is 1.64 bits per heavy atom. The molecule has 4 heteroatoms. The highest BCUT2D eigenvalue weighted by atomic mass is 14.9. The van der Waals surface area contributed by atoms with Crippen LogP contribution in [0.15, 0.2) is 120 Å². The smallest absolute Gasteiger partial charge is 0.160 e. The average molecular weight is 653 g/mol. The summed E-state index contributed by atoms with van der Waals surface area (Å²) in [5, 5.41) is 1.04. The molecule has 0 saturated heterocycles. The fraction of sp³-hybridized carbons (Fsp3) is 0.217. The van der Waals surface area contributed by atoms with Gasteiger partial charge in [-0.05, 0) is 116 Å². The molecule has 3 aromatic carbocycles. The molecule has 0 atom stereocenters. The van der Waals surface area contributed by atoms with Gasteiger partial charge in [-0.25, -0.2) is 19.9 Å². The third-order valence-corrected chi connectivity index (χ3v) is 9.97. The maximum absolute atomic E-state index is 5.25. The number of aryl methyl sites for hydroxylation is 2. The van der Waals surface area contributed by atoms with Crippen LogP contribution in [0.4, 0.5) is 5.82 Å². The van der Waals surface area contributed by atoms with Crippen molar-refractivity contribution in [3.8, 4) is 22.6 Å². The first-order valence-corrected chi connectivity index (χ1v) is 17.6. The van der Waals surface area contributed by atoms with Gasteiger partial charge in [-0.2, -0.15) is 0 Å². The van der Waals surface area contributed by atoms with Gasteiger partial charge in [0.25, 0.3) is 0 Å². The second kappa shape index (κ2) is 13.4. The minimum absolute atomic E-state index is 0.0422. The molecule has 2 heterocycles. The summed E-state index contributed by atoms with van der Waals surface area (Å²) in [7, 11) is 0. The van der Waals surface area contributed by atoms with Gasteiger partial charge in [-0.1, -0.05) is 105 Å². The highest BCUT2D eigenvalue weighted by Gasteiger charge is 2.37. The summed E-state index contributed by atoms with van der Waals surface area (Å²) in [5.74, 6) is 1.51. The highest BCUT2D eigenvalue weighted by molar-refractivity contribution is 6.02. The van der Waals surface area contributed by atoms with E-state index in [0.717, 1.165) is 85.9 Å². The Labute approximate surface area is 296 Å². The number of rotatable bonds is 7. The Hall–Kier alpha value is -5.48. The summed E-state index contributed by atoms with van der Waals surface area (Å²) in [6, 6.07) is 26.0. The lowest BCUT2D eigenvalue weighted by Crippen LogP contribution is -2.16. The maximum atomic E-state index is 5.25. The molecule has 0 saturated carbocycles. The fourth-order valence-electron chi connectivity index (χ4n) is 7.39. The van der Waals surface area contributed by atoms with Gasteiger partial charge in [-0.3, -0.25) is 0 Å². The van der Waals surface area contributed by atoms with Gasteiger partial charge in [0.15, 0.2) is 11.6 Å². The van der Waals surface area contributed by atoms with Crippen molar-refractivity contribution in [2.75, 3.05) is 0 Å². The van der Waals surface area contributed by atoms with Crippen LogP contribution in [-0.4, -0.2) is 20.7 Å². The van der Waals surface area contributed by atoms with Crippen LogP contribution in [-0.2, 0) is 5.41 Å². The zero-order chi connectivity index (χ0) is 35.0. The zero-order valence-electron chi connectivity index (χ0n) is 30.2. The lowest BCUT2D eigenvalue weighted by atomic mass is 9.79. The molecule has 2 aromatic heterocycles. The Kier molecular flexibility index (Phi) is 8.88. The predicted octanol–water partition coefficient (Wildman–Crippen LogP) is 12.2. The van der Waals surface area contributed by atoms with Crippen LogP contribution in [0.5, 0.6) is 0 Å². The molecule has 0 amide bonds. The van der Waals surface area contributed by atoms with Gasteiger partial charge in [0.1, 0.15) is 0 Å². The van der Waals surface area contributed by atoms with E-state index in [2.05, 4.69) is 130 Å². The Balaban J connectivity index is 1.24. The highest BCUT2D eigenvalue weighted by Crippen LogP contribution is 2.50. The van der Waals surface area contributed by atoms with Crippen LogP contribution in [0.1, 0.15) is 81.0 Å². The van der Waals surface area contributed by atoms with Crippen molar-refractivity contribution in [3.63, 3.8) is 0 Å². The second-order valence-corrected chi connectivity index (χ2v) is 13.9. The first-order chi connectivity index (χ1) is 24.2. The summed E-state index contributed by atoms with van der Waals surface area (Å²) in [4.78, 5) is 20.0. The molecule has 2 aliphatic carbocycles. The van der Waals surface area contributed by atoms with E-state index in [4.69, 9.17) is 19.9 Å². The van der Waals surface area contributed by atoms with E-state index in [9.17, 15) is 0 Å². The lowest BCUT2D eigenvalue weighted by Gasteiger charge is -2.24. The fourth-order valence-corrected chi connectivity index (χ4v) is 7.39. The van der Waals surface area contributed by atoms with E-state index < -0.39 is 0 Å². The van der Waals surface area contributed by atoms with Gasteiger partial charge in [-0.15, -0.1) is 0 Å². The van der Waals surface area contributed by atoms with Gasteiger partial charge < -0.3 is 0 Å². The number of benzene rings is 3. The molecule has 0 unspecified atom stereocenters. The molecule has 2 aliphatic rings. The van der Waals surface area contributed by atoms with Crippen molar-refractivity contribution >= 4 is 39.7 Å². The van der Waals surface area contributed by atoms with Gasteiger partial charge in [0, 0.05) is 33.3 Å². The molecule has 0 aliphatic heterocycles. The molecule has 0 spiro atoms. The maximum Gasteiger partial charge on any atom is 0.160 e. The molecule has 0 N–H and O–H groups in total. The van der Waals surface area contributed by atoms with E-state index in [1.165, 1.54) is 22.3 Å². The Morgan fingerprint density at radius 1 is 0.860 bits per heavy atom. The predicted molar refractivity (Wildman–Crippen MR) is 213 cm³/mol. The number of fused-ring (bicyclic) bond motifs is 3. The van der Waals surface area contributed by atoms with Gasteiger partial charge in [0.2, 0.25) is 0 Å². The van der Waals surface area contributed by atoms with Crippen LogP contribution in [0.2, 0.25) is 0 Å². The van der Waals surface area contributed by atoms with Crippen molar-refractivity contribution in [1.29, 1.82) is 0 Å². The van der Waals surface area contributed by atoms with E-state index in [-0.39, 0.29) is 5.41 Å². The number of hydrogen-bond donors (Lipinski definition) is 0. The lowest BCUT2D eigenvalue weighted by molar-refractivity contribution is 0.651. The van der Waals surface area contributed by atoms with Crippen LogP contribution in [0, 0.1) is 13.8 Å². The summed E-state index contributed by atoms with van der Waals surface area (Å²) < 4.78 is 0. The Morgan fingerprint density at radius 3 is 2.42 bits per heavy atom. The summed E-state index contributed by atoms with van der Waals surface area (Å²) in [6.45, 7) is 14.9. The largest absolute Gasteiger partial charge is 0.234 e. The van der Waals surface area contributed by atoms with E-state index in [0.29, 0.717) is 0 Å². The molecule has 4 nitrogen and oxygen atoms in total. The van der Waals surface area contributed by atoms with Gasteiger partial charge in [0.05, 0.1) is 11.2 Å².